The molecule has 142 valence electrons. The van der Waals surface area contributed by atoms with Gasteiger partial charge in [0.05, 0.1) is 4.90 Å². The highest BCUT2D eigenvalue weighted by Crippen LogP contribution is 2.47. The Hall–Kier alpha value is -2.25. The first kappa shape index (κ1) is 18.1. The fourth-order valence-corrected chi connectivity index (χ4v) is 4.89. The molecule has 1 fully saturated rings. The van der Waals surface area contributed by atoms with Gasteiger partial charge in [0, 0.05) is 31.1 Å². The first-order valence-corrected chi connectivity index (χ1v) is 10.5. The number of carbonyl (C=O) groups excluding carboxylic acids is 1. The van der Waals surface area contributed by atoms with Gasteiger partial charge in [0.1, 0.15) is 5.82 Å². The predicted octanol–water partition coefficient (Wildman–Crippen LogP) is 2.74. The Morgan fingerprint density at radius 3 is 2.52 bits per heavy atom. The van der Waals surface area contributed by atoms with E-state index in [0.29, 0.717) is 13.0 Å². The van der Waals surface area contributed by atoms with E-state index in [1.165, 1.54) is 19.1 Å². The fourth-order valence-electron chi connectivity index (χ4n) is 3.71. The molecule has 1 aliphatic carbocycles. The van der Waals surface area contributed by atoms with Crippen molar-refractivity contribution in [2.75, 3.05) is 18.0 Å². The summed E-state index contributed by atoms with van der Waals surface area (Å²) in [5, 5.41) is 0. The van der Waals surface area contributed by atoms with E-state index >= 15 is 0 Å². The van der Waals surface area contributed by atoms with E-state index in [1.807, 2.05) is 0 Å². The number of sulfonamides is 1. The summed E-state index contributed by atoms with van der Waals surface area (Å²) in [6.45, 7) is 2.37. The molecule has 1 amide bonds. The maximum Gasteiger partial charge on any atom is 0.240 e. The molecule has 1 aliphatic heterocycles. The Bertz CT molecular complexity index is 998. The number of benzene rings is 2. The second-order valence-electron chi connectivity index (χ2n) is 7.32. The minimum Gasteiger partial charge on any atom is -0.312 e. The van der Waals surface area contributed by atoms with Crippen LogP contribution in [-0.4, -0.2) is 27.4 Å². The molecular formula is C20H21FN2O3S. The number of hydrogen-bond acceptors (Lipinski definition) is 3. The molecule has 1 heterocycles. The van der Waals surface area contributed by atoms with Crippen molar-refractivity contribution in [2.24, 2.45) is 0 Å². The first-order valence-electron chi connectivity index (χ1n) is 8.98. The zero-order valence-electron chi connectivity index (χ0n) is 15.0. The van der Waals surface area contributed by atoms with Crippen LogP contribution in [0.2, 0.25) is 0 Å². The molecule has 0 radical (unpaired) electrons. The number of nitrogens with zero attached hydrogens (tertiary/aromatic N) is 1. The van der Waals surface area contributed by atoms with E-state index in [-0.39, 0.29) is 28.6 Å². The van der Waals surface area contributed by atoms with Crippen molar-refractivity contribution < 1.29 is 17.6 Å². The zero-order chi connectivity index (χ0) is 19.2. The normalized spacial score (nSPS) is 17.6. The van der Waals surface area contributed by atoms with Gasteiger partial charge < -0.3 is 4.90 Å². The summed E-state index contributed by atoms with van der Waals surface area (Å²) < 4.78 is 41.4. The molecule has 5 nitrogen and oxygen atoms in total. The van der Waals surface area contributed by atoms with Crippen molar-refractivity contribution in [3.8, 4) is 0 Å². The molecule has 0 atom stereocenters. The van der Waals surface area contributed by atoms with Gasteiger partial charge in [-0.1, -0.05) is 12.1 Å². The third kappa shape index (κ3) is 3.37. The van der Waals surface area contributed by atoms with Gasteiger partial charge in [-0.05, 0) is 60.7 Å². The molecule has 0 unspecified atom stereocenters. The molecule has 27 heavy (non-hydrogen) atoms. The zero-order valence-corrected chi connectivity index (χ0v) is 15.9. The van der Waals surface area contributed by atoms with Gasteiger partial charge >= 0.3 is 0 Å². The number of amides is 1. The van der Waals surface area contributed by atoms with Crippen LogP contribution in [0.3, 0.4) is 0 Å². The van der Waals surface area contributed by atoms with Crippen LogP contribution < -0.4 is 9.62 Å². The van der Waals surface area contributed by atoms with Crippen LogP contribution in [0.15, 0.2) is 47.4 Å². The second-order valence-corrected chi connectivity index (χ2v) is 9.09. The number of carbonyl (C=O) groups is 1. The van der Waals surface area contributed by atoms with Crippen molar-refractivity contribution in [2.45, 2.75) is 36.5 Å². The smallest absolute Gasteiger partial charge is 0.240 e. The largest absolute Gasteiger partial charge is 0.312 e. The lowest BCUT2D eigenvalue weighted by molar-refractivity contribution is -0.116. The minimum atomic E-state index is -3.66. The van der Waals surface area contributed by atoms with Gasteiger partial charge in [-0.15, -0.1) is 0 Å². The van der Waals surface area contributed by atoms with Gasteiger partial charge in [-0.25, -0.2) is 17.5 Å². The third-order valence-electron chi connectivity index (χ3n) is 5.55. The van der Waals surface area contributed by atoms with E-state index in [9.17, 15) is 17.6 Å². The maximum atomic E-state index is 13.1. The average Bonchev–Trinajstić information content (AvgIpc) is 3.31. The Morgan fingerprint density at radius 1 is 1.19 bits per heavy atom. The van der Waals surface area contributed by atoms with E-state index < -0.39 is 10.0 Å². The summed E-state index contributed by atoms with van der Waals surface area (Å²) in [6, 6.07) is 11.2. The third-order valence-corrected chi connectivity index (χ3v) is 6.95. The van der Waals surface area contributed by atoms with Gasteiger partial charge in [0.2, 0.25) is 15.9 Å². The summed E-state index contributed by atoms with van der Waals surface area (Å²) in [5.74, 6) is -0.342. The molecule has 7 heteroatoms. The highest BCUT2D eigenvalue weighted by atomic mass is 32.2. The number of fused-ring (bicyclic) bond motifs is 1. The predicted molar refractivity (Wildman–Crippen MR) is 101 cm³/mol. The number of halogens is 1. The summed E-state index contributed by atoms with van der Waals surface area (Å²) in [7, 11) is -3.66. The highest BCUT2D eigenvalue weighted by molar-refractivity contribution is 7.89. The molecule has 0 saturated heterocycles. The lowest BCUT2D eigenvalue weighted by Gasteiger charge is -2.18. The lowest BCUT2D eigenvalue weighted by atomic mass is 9.96. The first-order chi connectivity index (χ1) is 12.8. The molecule has 1 N–H and O–H groups in total. The topological polar surface area (TPSA) is 66.5 Å². The fraction of sp³-hybridized carbons (Fsp3) is 0.350. The number of nitrogens with one attached hydrogen (secondary N) is 1. The molecule has 1 saturated carbocycles. The molecule has 4 rings (SSSR count). The van der Waals surface area contributed by atoms with Crippen molar-refractivity contribution in [1.82, 2.24) is 4.72 Å². The molecular weight excluding hydrogens is 367 g/mol. The van der Waals surface area contributed by atoms with Crippen molar-refractivity contribution in [1.29, 1.82) is 0 Å². The Labute approximate surface area is 158 Å². The van der Waals surface area contributed by atoms with Crippen LogP contribution in [0, 0.1) is 5.82 Å². The summed E-state index contributed by atoms with van der Waals surface area (Å²) in [4.78, 5) is 13.5. The molecule has 0 aromatic heterocycles. The highest BCUT2D eigenvalue weighted by Gasteiger charge is 2.44. The average molecular weight is 388 g/mol. The van der Waals surface area contributed by atoms with E-state index in [4.69, 9.17) is 0 Å². The Balaban J connectivity index is 1.51. The van der Waals surface area contributed by atoms with Crippen molar-refractivity contribution in [3.63, 3.8) is 0 Å². The van der Waals surface area contributed by atoms with E-state index in [2.05, 4.69) is 4.72 Å². The summed E-state index contributed by atoms with van der Waals surface area (Å²) in [6.07, 6.45) is 2.40. The van der Waals surface area contributed by atoms with Crippen molar-refractivity contribution in [3.05, 3.63) is 59.4 Å². The van der Waals surface area contributed by atoms with Crippen LogP contribution in [0.4, 0.5) is 10.1 Å². The molecule has 0 bridgehead atoms. The Kier molecular flexibility index (Phi) is 4.31. The number of hydrogen-bond donors (Lipinski definition) is 1. The standard InChI is InChI=1S/C20H21FN2O3S/c1-14(24)23-11-8-15-12-18(6-7-19(15)23)27(25,26)22-13-20(9-10-20)16-2-4-17(21)5-3-16/h2-7,12,22H,8-11,13H2,1H3. The van der Waals surface area contributed by atoms with Gasteiger partial charge in [0.25, 0.3) is 0 Å². The molecule has 2 aliphatic rings. The monoisotopic (exact) mass is 388 g/mol. The van der Waals surface area contributed by atoms with Crippen LogP contribution in [0.25, 0.3) is 0 Å². The second kappa shape index (κ2) is 6.42. The van der Waals surface area contributed by atoms with Crippen LogP contribution in [0.5, 0.6) is 0 Å². The van der Waals surface area contributed by atoms with Gasteiger partial charge in [0.15, 0.2) is 0 Å². The molecule has 0 spiro atoms. The summed E-state index contributed by atoms with van der Waals surface area (Å²) >= 11 is 0. The number of anilines is 1. The van der Waals surface area contributed by atoms with Crippen LogP contribution in [-0.2, 0) is 26.7 Å². The SMILES string of the molecule is CC(=O)N1CCc2cc(S(=O)(=O)NCC3(c4ccc(F)cc4)CC3)ccc21. The maximum absolute atomic E-state index is 13.1. The molecule has 2 aromatic carbocycles. The molecule has 2 aromatic rings. The quantitative estimate of drug-likeness (QED) is 0.857. The van der Waals surface area contributed by atoms with E-state index in [0.717, 1.165) is 29.7 Å². The summed E-state index contributed by atoms with van der Waals surface area (Å²) in [5.41, 5.74) is 2.36. The van der Waals surface area contributed by atoms with E-state index in [1.54, 1.807) is 35.2 Å². The number of rotatable bonds is 5. The van der Waals surface area contributed by atoms with Crippen molar-refractivity contribution >= 4 is 21.6 Å². The Morgan fingerprint density at radius 2 is 1.89 bits per heavy atom. The van der Waals surface area contributed by atoms with Crippen LogP contribution in [0.1, 0.15) is 30.9 Å². The lowest BCUT2D eigenvalue weighted by Crippen LogP contribution is -2.32. The van der Waals surface area contributed by atoms with Crippen LogP contribution >= 0.6 is 0 Å². The van der Waals surface area contributed by atoms with Gasteiger partial charge in [-0.3, -0.25) is 4.79 Å². The minimum absolute atomic E-state index is 0.0440. The van der Waals surface area contributed by atoms with Gasteiger partial charge in [-0.2, -0.15) is 0 Å².